The fraction of sp³-hybridized carbons (Fsp3) is 0.231. The Kier molecular flexibility index (Phi) is 8.71. The van der Waals surface area contributed by atoms with Crippen molar-refractivity contribution in [3.63, 3.8) is 0 Å². The minimum absolute atomic E-state index is 0.0540. The fourth-order valence-electron chi connectivity index (χ4n) is 3.08. The third-order valence-electron chi connectivity index (χ3n) is 4.85. The lowest BCUT2D eigenvalue weighted by Crippen LogP contribution is -2.22. The van der Waals surface area contributed by atoms with Crippen molar-refractivity contribution in [2.75, 3.05) is 35.7 Å². The first-order valence-electron chi connectivity index (χ1n) is 10.9. The molecule has 7 heteroatoms. The maximum absolute atomic E-state index is 12.4. The van der Waals surface area contributed by atoms with E-state index in [2.05, 4.69) is 16.0 Å². The first-order chi connectivity index (χ1) is 16.0. The van der Waals surface area contributed by atoms with Crippen LogP contribution in [0.5, 0.6) is 11.5 Å². The summed E-state index contributed by atoms with van der Waals surface area (Å²) in [6.07, 6.45) is 0.405. The summed E-state index contributed by atoms with van der Waals surface area (Å²) in [6.45, 7) is 4.59. The Hall–Kier alpha value is -4.00. The van der Waals surface area contributed by atoms with Gasteiger partial charge in [-0.15, -0.1) is 0 Å². The van der Waals surface area contributed by atoms with Gasteiger partial charge in [-0.05, 0) is 48.9 Å². The van der Waals surface area contributed by atoms with Crippen LogP contribution in [0.25, 0.3) is 0 Å². The SMILES string of the molecule is CCC(=O)Nc1cccc(NCC(=O)Nc2cccc(OCCOc3ccccc3)c2)c1C. The molecule has 172 valence electrons. The molecule has 2 amide bonds. The highest BCUT2D eigenvalue weighted by atomic mass is 16.5. The van der Waals surface area contributed by atoms with Crippen LogP contribution in [0.3, 0.4) is 0 Å². The zero-order valence-electron chi connectivity index (χ0n) is 18.9. The van der Waals surface area contributed by atoms with Crippen LogP contribution in [0, 0.1) is 6.92 Å². The van der Waals surface area contributed by atoms with Gasteiger partial charge in [-0.2, -0.15) is 0 Å². The number of para-hydroxylation sites is 1. The predicted octanol–water partition coefficient (Wildman–Crippen LogP) is 4.85. The summed E-state index contributed by atoms with van der Waals surface area (Å²) >= 11 is 0. The summed E-state index contributed by atoms with van der Waals surface area (Å²) in [6, 6.07) is 22.3. The van der Waals surface area contributed by atoms with Crippen molar-refractivity contribution in [1.82, 2.24) is 0 Å². The molecule has 0 fully saturated rings. The first-order valence-corrected chi connectivity index (χ1v) is 10.9. The number of amides is 2. The molecule has 0 spiro atoms. The molecule has 0 aromatic heterocycles. The van der Waals surface area contributed by atoms with E-state index in [1.165, 1.54) is 0 Å². The Bertz CT molecular complexity index is 1070. The van der Waals surface area contributed by atoms with Gasteiger partial charge >= 0.3 is 0 Å². The Balaban J connectivity index is 1.47. The van der Waals surface area contributed by atoms with E-state index in [4.69, 9.17) is 9.47 Å². The van der Waals surface area contributed by atoms with Gasteiger partial charge < -0.3 is 25.4 Å². The van der Waals surface area contributed by atoms with Crippen LogP contribution in [-0.4, -0.2) is 31.6 Å². The smallest absolute Gasteiger partial charge is 0.243 e. The fourth-order valence-corrected chi connectivity index (χ4v) is 3.08. The standard InChI is InChI=1S/C26H29N3O4/c1-3-25(30)29-24-14-8-13-23(19(24)2)27-18-26(31)28-20-9-7-12-22(17-20)33-16-15-32-21-10-5-4-6-11-21/h4-14,17,27H,3,15-16,18H2,1-2H3,(H,28,31)(H,29,30). The summed E-state index contributed by atoms with van der Waals surface area (Å²) in [5, 5.41) is 8.85. The monoisotopic (exact) mass is 447 g/mol. The third-order valence-corrected chi connectivity index (χ3v) is 4.85. The molecule has 0 bridgehead atoms. The largest absolute Gasteiger partial charge is 0.490 e. The Labute approximate surface area is 194 Å². The van der Waals surface area contributed by atoms with Crippen molar-refractivity contribution in [3.05, 3.63) is 78.4 Å². The van der Waals surface area contributed by atoms with E-state index in [9.17, 15) is 9.59 Å². The predicted molar refractivity (Wildman–Crippen MR) is 131 cm³/mol. The average Bonchev–Trinajstić information content (AvgIpc) is 2.83. The molecule has 3 aromatic rings. The minimum Gasteiger partial charge on any atom is -0.490 e. The summed E-state index contributed by atoms with van der Waals surface area (Å²) in [5.41, 5.74) is 3.03. The zero-order chi connectivity index (χ0) is 23.5. The molecule has 0 aliphatic heterocycles. The van der Waals surface area contributed by atoms with Crippen LogP contribution in [0.2, 0.25) is 0 Å². The van der Waals surface area contributed by atoms with E-state index < -0.39 is 0 Å². The van der Waals surface area contributed by atoms with Gasteiger partial charge in [-0.1, -0.05) is 37.3 Å². The summed E-state index contributed by atoms with van der Waals surface area (Å²) < 4.78 is 11.3. The number of ether oxygens (including phenoxy) is 2. The van der Waals surface area contributed by atoms with Crippen LogP contribution >= 0.6 is 0 Å². The van der Waals surface area contributed by atoms with E-state index in [1.54, 1.807) is 19.1 Å². The van der Waals surface area contributed by atoms with Crippen LogP contribution in [0.15, 0.2) is 72.8 Å². The lowest BCUT2D eigenvalue weighted by molar-refractivity contribution is -0.116. The summed E-state index contributed by atoms with van der Waals surface area (Å²) in [4.78, 5) is 24.1. The highest BCUT2D eigenvalue weighted by Gasteiger charge is 2.09. The molecule has 0 atom stereocenters. The highest BCUT2D eigenvalue weighted by Crippen LogP contribution is 2.23. The molecular formula is C26H29N3O4. The second-order valence-corrected chi connectivity index (χ2v) is 7.32. The number of hydrogen-bond donors (Lipinski definition) is 3. The van der Waals surface area contributed by atoms with E-state index in [-0.39, 0.29) is 18.4 Å². The first kappa shape index (κ1) is 23.7. The van der Waals surface area contributed by atoms with Gasteiger partial charge in [-0.3, -0.25) is 9.59 Å². The van der Waals surface area contributed by atoms with Gasteiger partial charge in [0.05, 0.1) is 6.54 Å². The molecule has 3 N–H and O–H groups in total. The number of benzene rings is 3. The van der Waals surface area contributed by atoms with Crippen molar-refractivity contribution in [1.29, 1.82) is 0 Å². The molecule has 0 saturated carbocycles. The molecular weight excluding hydrogens is 418 g/mol. The molecule has 3 rings (SSSR count). The topological polar surface area (TPSA) is 88.7 Å². The quantitative estimate of drug-likeness (QED) is 0.366. The summed E-state index contributed by atoms with van der Waals surface area (Å²) in [5.74, 6) is 1.19. The van der Waals surface area contributed by atoms with E-state index >= 15 is 0 Å². The molecule has 0 saturated heterocycles. The third kappa shape index (κ3) is 7.57. The lowest BCUT2D eigenvalue weighted by Gasteiger charge is -2.14. The van der Waals surface area contributed by atoms with Gasteiger partial charge in [0.25, 0.3) is 0 Å². The number of hydrogen-bond acceptors (Lipinski definition) is 5. The Morgan fingerprint density at radius 3 is 2.18 bits per heavy atom. The molecule has 0 heterocycles. The van der Waals surface area contributed by atoms with Crippen molar-refractivity contribution < 1.29 is 19.1 Å². The van der Waals surface area contributed by atoms with Gasteiger partial charge in [0, 0.05) is 29.5 Å². The van der Waals surface area contributed by atoms with Crippen molar-refractivity contribution >= 4 is 28.9 Å². The molecule has 0 aliphatic rings. The van der Waals surface area contributed by atoms with Gasteiger partial charge in [0.1, 0.15) is 24.7 Å². The summed E-state index contributed by atoms with van der Waals surface area (Å²) in [7, 11) is 0. The van der Waals surface area contributed by atoms with Gasteiger partial charge in [0.15, 0.2) is 0 Å². The van der Waals surface area contributed by atoms with Gasteiger partial charge in [-0.25, -0.2) is 0 Å². The van der Waals surface area contributed by atoms with Crippen LogP contribution in [-0.2, 0) is 9.59 Å². The van der Waals surface area contributed by atoms with Crippen molar-refractivity contribution in [2.24, 2.45) is 0 Å². The van der Waals surface area contributed by atoms with E-state index in [0.29, 0.717) is 31.1 Å². The molecule has 7 nitrogen and oxygen atoms in total. The number of carbonyl (C=O) groups is 2. The molecule has 3 aromatic carbocycles. The maximum atomic E-state index is 12.4. The Morgan fingerprint density at radius 2 is 1.42 bits per heavy atom. The number of nitrogens with one attached hydrogen (secondary N) is 3. The number of carbonyl (C=O) groups excluding carboxylic acids is 2. The molecule has 0 aliphatic carbocycles. The second-order valence-electron chi connectivity index (χ2n) is 7.32. The van der Waals surface area contributed by atoms with Crippen molar-refractivity contribution in [3.8, 4) is 11.5 Å². The molecule has 33 heavy (non-hydrogen) atoms. The van der Waals surface area contributed by atoms with Crippen LogP contribution in [0.4, 0.5) is 17.1 Å². The number of anilines is 3. The minimum atomic E-state index is -0.193. The van der Waals surface area contributed by atoms with E-state index in [0.717, 1.165) is 22.7 Å². The molecule has 0 radical (unpaired) electrons. The lowest BCUT2D eigenvalue weighted by atomic mass is 10.1. The average molecular weight is 448 g/mol. The number of rotatable bonds is 11. The van der Waals surface area contributed by atoms with Crippen LogP contribution in [0.1, 0.15) is 18.9 Å². The Morgan fingerprint density at radius 1 is 0.758 bits per heavy atom. The van der Waals surface area contributed by atoms with E-state index in [1.807, 2.05) is 67.6 Å². The maximum Gasteiger partial charge on any atom is 0.243 e. The zero-order valence-corrected chi connectivity index (χ0v) is 18.9. The van der Waals surface area contributed by atoms with Crippen LogP contribution < -0.4 is 25.4 Å². The highest BCUT2D eigenvalue weighted by molar-refractivity contribution is 5.95. The van der Waals surface area contributed by atoms with Gasteiger partial charge in [0.2, 0.25) is 11.8 Å². The normalized spacial score (nSPS) is 10.2. The van der Waals surface area contributed by atoms with Crippen molar-refractivity contribution in [2.45, 2.75) is 20.3 Å². The second kappa shape index (κ2) is 12.1. The molecule has 0 unspecified atom stereocenters.